The zero-order valence-corrected chi connectivity index (χ0v) is 17.4. The zero-order chi connectivity index (χ0) is 19.8. The summed E-state index contributed by atoms with van der Waals surface area (Å²) in [5, 5.41) is 14.1. The Balaban J connectivity index is 1.59. The highest BCUT2D eigenvalue weighted by Gasteiger charge is 2.30. The van der Waals surface area contributed by atoms with Crippen LogP contribution in [0.1, 0.15) is 44.7 Å². The van der Waals surface area contributed by atoms with Gasteiger partial charge in [-0.05, 0) is 18.9 Å². The molecule has 0 aromatic heterocycles. The van der Waals surface area contributed by atoms with Crippen molar-refractivity contribution in [3.8, 4) is 0 Å². The Morgan fingerprint density at radius 1 is 1.14 bits per heavy atom. The molecule has 0 spiro atoms. The molecule has 0 radical (unpaired) electrons. The van der Waals surface area contributed by atoms with E-state index in [1.54, 1.807) is 0 Å². The van der Waals surface area contributed by atoms with E-state index in [1.165, 1.54) is 5.56 Å². The number of hydrogen-bond donors (Lipinski definition) is 2. The summed E-state index contributed by atoms with van der Waals surface area (Å²) >= 11 is 0. The molecule has 1 aromatic rings. The molecule has 1 atom stereocenters. The summed E-state index contributed by atoms with van der Waals surface area (Å²) in [6.45, 7) is 10.8. The molecule has 0 amide bonds. The van der Waals surface area contributed by atoms with Gasteiger partial charge in [-0.2, -0.15) is 0 Å². The third-order valence-electron chi connectivity index (χ3n) is 5.91. The first-order valence-corrected chi connectivity index (χ1v) is 10.8. The lowest BCUT2D eigenvalue weighted by molar-refractivity contribution is -0.0567. The highest BCUT2D eigenvalue weighted by Crippen LogP contribution is 2.25. The van der Waals surface area contributed by atoms with Crippen molar-refractivity contribution >= 4 is 5.96 Å². The third-order valence-corrected chi connectivity index (χ3v) is 5.91. The number of aliphatic imine (C=N–C) groups is 1. The van der Waals surface area contributed by atoms with E-state index < -0.39 is 5.60 Å². The van der Waals surface area contributed by atoms with Crippen molar-refractivity contribution in [1.82, 2.24) is 15.1 Å². The molecule has 1 aromatic carbocycles. The first-order chi connectivity index (χ1) is 13.6. The van der Waals surface area contributed by atoms with Crippen molar-refractivity contribution in [2.24, 2.45) is 4.99 Å². The highest BCUT2D eigenvalue weighted by molar-refractivity contribution is 5.80. The van der Waals surface area contributed by atoms with Gasteiger partial charge in [0.2, 0.25) is 0 Å². The van der Waals surface area contributed by atoms with Gasteiger partial charge in [-0.15, -0.1) is 0 Å². The molecule has 1 unspecified atom stereocenters. The zero-order valence-electron chi connectivity index (χ0n) is 17.4. The van der Waals surface area contributed by atoms with Crippen molar-refractivity contribution in [1.29, 1.82) is 0 Å². The fourth-order valence-corrected chi connectivity index (χ4v) is 4.18. The average Bonchev–Trinajstić information content (AvgIpc) is 2.74. The van der Waals surface area contributed by atoms with E-state index in [0.29, 0.717) is 38.6 Å². The van der Waals surface area contributed by atoms with Crippen molar-refractivity contribution in [2.45, 2.75) is 44.8 Å². The fourth-order valence-electron chi connectivity index (χ4n) is 4.18. The minimum Gasteiger partial charge on any atom is -0.388 e. The van der Waals surface area contributed by atoms with Gasteiger partial charge in [0.25, 0.3) is 0 Å². The molecular formula is C22H36N4O2. The number of hydrogen-bond acceptors (Lipinski definition) is 4. The number of guanidine groups is 1. The van der Waals surface area contributed by atoms with Gasteiger partial charge in [0.1, 0.15) is 0 Å². The molecule has 28 heavy (non-hydrogen) atoms. The lowest BCUT2D eigenvalue weighted by Crippen LogP contribution is -2.53. The van der Waals surface area contributed by atoms with Crippen LogP contribution >= 0.6 is 0 Å². The van der Waals surface area contributed by atoms with Crippen LogP contribution in [0.2, 0.25) is 0 Å². The van der Waals surface area contributed by atoms with E-state index in [4.69, 9.17) is 9.73 Å². The highest BCUT2D eigenvalue weighted by atomic mass is 16.5. The lowest BCUT2D eigenvalue weighted by Gasteiger charge is -2.40. The van der Waals surface area contributed by atoms with Crippen molar-refractivity contribution in [2.75, 3.05) is 52.5 Å². The largest absolute Gasteiger partial charge is 0.388 e. The Morgan fingerprint density at radius 2 is 1.82 bits per heavy atom. The van der Waals surface area contributed by atoms with Crippen LogP contribution in [-0.2, 0) is 4.74 Å². The van der Waals surface area contributed by atoms with Crippen molar-refractivity contribution < 1.29 is 9.84 Å². The molecule has 2 heterocycles. The predicted octanol–water partition coefficient (Wildman–Crippen LogP) is 2.26. The standard InChI is InChI=1S/C22H36N4O2/c1-3-20(19-8-6-5-7-9-19)25-12-14-26(15-13-25)21(23-4-2)24-18-22(27)10-16-28-17-11-22/h5-9,20,27H,3-4,10-18H2,1-2H3,(H,23,24). The number of nitrogens with zero attached hydrogens (tertiary/aromatic N) is 3. The van der Waals surface area contributed by atoms with Gasteiger partial charge in [0.05, 0.1) is 12.1 Å². The van der Waals surface area contributed by atoms with E-state index in [9.17, 15) is 5.11 Å². The Bertz CT molecular complexity index is 608. The smallest absolute Gasteiger partial charge is 0.194 e. The van der Waals surface area contributed by atoms with Gasteiger partial charge < -0.3 is 20.1 Å². The summed E-state index contributed by atoms with van der Waals surface area (Å²) in [4.78, 5) is 9.71. The van der Waals surface area contributed by atoms with E-state index in [1.807, 2.05) is 0 Å². The normalized spacial score (nSPS) is 22.1. The molecule has 6 heteroatoms. The Labute approximate surface area is 169 Å². The van der Waals surface area contributed by atoms with E-state index in [-0.39, 0.29) is 0 Å². The number of aliphatic hydroxyl groups is 1. The number of benzene rings is 1. The second-order valence-corrected chi connectivity index (χ2v) is 7.86. The molecule has 2 N–H and O–H groups in total. The predicted molar refractivity (Wildman–Crippen MR) is 114 cm³/mol. The van der Waals surface area contributed by atoms with E-state index in [0.717, 1.165) is 45.1 Å². The number of piperazine rings is 1. The van der Waals surface area contributed by atoms with E-state index >= 15 is 0 Å². The molecule has 3 rings (SSSR count). The summed E-state index contributed by atoms with van der Waals surface area (Å²) in [7, 11) is 0. The van der Waals surface area contributed by atoms with Crippen LogP contribution in [0.3, 0.4) is 0 Å². The van der Waals surface area contributed by atoms with Crippen LogP contribution in [0.25, 0.3) is 0 Å². The maximum Gasteiger partial charge on any atom is 0.194 e. The summed E-state index contributed by atoms with van der Waals surface area (Å²) in [5.74, 6) is 0.926. The summed E-state index contributed by atoms with van der Waals surface area (Å²) in [6, 6.07) is 11.3. The molecule has 2 aliphatic rings. The van der Waals surface area contributed by atoms with Crippen LogP contribution in [0.4, 0.5) is 0 Å². The van der Waals surface area contributed by atoms with E-state index in [2.05, 4.69) is 59.3 Å². The summed E-state index contributed by atoms with van der Waals surface area (Å²) < 4.78 is 5.38. The quantitative estimate of drug-likeness (QED) is 0.578. The number of rotatable bonds is 6. The first kappa shape index (κ1) is 21.1. The second kappa shape index (κ2) is 10.2. The van der Waals surface area contributed by atoms with Gasteiger partial charge in [0, 0.05) is 64.8 Å². The van der Waals surface area contributed by atoms with Crippen LogP contribution in [0, 0.1) is 0 Å². The second-order valence-electron chi connectivity index (χ2n) is 7.86. The molecule has 0 bridgehead atoms. The minimum atomic E-state index is -0.721. The van der Waals surface area contributed by atoms with Gasteiger partial charge in [0.15, 0.2) is 5.96 Å². The van der Waals surface area contributed by atoms with Gasteiger partial charge in [-0.1, -0.05) is 37.3 Å². The Kier molecular flexibility index (Phi) is 7.71. The summed E-state index contributed by atoms with van der Waals surface area (Å²) in [6.07, 6.45) is 2.45. The SMILES string of the molecule is CCNC(=NCC1(O)CCOCC1)N1CCN(C(CC)c2ccccc2)CC1. The van der Waals surface area contributed by atoms with Crippen LogP contribution in [0.5, 0.6) is 0 Å². The third kappa shape index (κ3) is 5.46. The fraction of sp³-hybridized carbons (Fsp3) is 0.682. The number of ether oxygens (including phenoxy) is 1. The summed E-state index contributed by atoms with van der Waals surface area (Å²) in [5.41, 5.74) is 0.683. The topological polar surface area (TPSA) is 60.3 Å². The molecule has 2 saturated heterocycles. The molecule has 0 aliphatic carbocycles. The maximum atomic E-state index is 10.7. The first-order valence-electron chi connectivity index (χ1n) is 10.8. The molecule has 156 valence electrons. The van der Waals surface area contributed by atoms with Crippen LogP contribution < -0.4 is 5.32 Å². The monoisotopic (exact) mass is 388 g/mol. The minimum absolute atomic E-state index is 0.445. The molecule has 6 nitrogen and oxygen atoms in total. The molecular weight excluding hydrogens is 352 g/mol. The molecule has 2 aliphatic heterocycles. The lowest BCUT2D eigenvalue weighted by atomic mass is 9.95. The maximum absolute atomic E-state index is 10.7. The Morgan fingerprint density at radius 3 is 2.43 bits per heavy atom. The molecule has 2 fully saturated rings. The van der Waals surface area contributed by atoms with Crippen molar-refractivity contribution in [3.05, 3.63) is 35.9 Å². The van der Waals surface area contributed by atoms with Crippen molar-refractivity contribution in [3.63, 3.8) is 0 Å². The number of nitrogens with one attached hydrogen (secondary N) is 1. The Hall–Kier alpha value is -1.63. The van der Waals surface area contributed by atoms with Gasteiger partial charge >= 0.3 is 0 Å². The van der Waals surface area contributed by atoms with Crippen LogP contribution in [0.15, 0.2) is 35.3 Å². The van der Waals surface area contributed by atoms with Gasteiger partial charge in [-0.25, -0.2) is 0 Å². The molecule has 0 saturated carbocycles. The van der Waals surface area contributed by atoms with Crippen LogP contribution in [-0.4, -0.2) is 78.9 Å². The van der Waals surface area contributed by atoms with Gasteiger partial charge in [-0.3, -0.25) is 9.89 Å². The average molecular weight is 389 g/mol.